The normalized spacial score (nSPS) is 30.1. The molecule has 0 aromatic rings. The van der Waals surface area contributed by atoms with Crippen molar-refractivity contribution in [1.82, 2.24) is 0 Å². The summed E-state index contributed by atoms with van der Waals surface area (Å²) in [5.41, 5.74) is 2.30. The third kappa shape index (κ3) is 3.20. The highest BCUT2D eigenvalue weighted by Crippen LogP contribution is 2.05. The summed E-state index contributed by atoms with van der Waals surface area (Å²) in [7, 11) is 0. The van der Waals surface area contributed by atoms with Crippen LogP contribution in [-0.4, -0.2) is 0 Å². The fourth-order valence-electron chi connectivity index (χ4n) is 1.06. The van der Waals surface area contributed by atoms with Gasteiger partial charge in [0.1, 0.15) is 0 Å². The van der Waals surface area contributed by atoms with Gasteiger partial charge in [-0.3, -0.25) is 0 Å². The predicted molar refractivity (Wildman–Crippen MR) is 54.9 cm³/mol. The Morgan fingerprint density at radius 1 is 1.17 bits per heavy atom. The first-order valence-corrected chi connectivity index (χ1v) is 4.16. The van der Waals surface area contributed by atoms with E-state index in [-0.39, 0.29) is 0 Å². The van der Waals surface area contributed by atoms with Crippen LogP contribution in [0, 0.1) is 0 Å². The number of hydrogen-bond donors (Lipinski definition) is 0. The van der Waals surface area contributed by atoms with Crippen LogP contribution in [0.2, 0.25) is 0 Å². The molecular formula is C12H14. The zero-order valence-electron chi connectivity index (χ0n) is 7.46. The smallest absolute Gasteiger partial charge is 0.0163 e. The zero-order chi connectivity index (χ0) is 8.81. The molecule has 1 aliphatic carbocycles. The van der Waals surface area contributed by atoms with Gasteiger partial charge < -0.3 is 0 Å². The maximum absolute atomic E-state index is 3.91. The van der Waals surface area contributed by atoms with Crippen LogP contribution in [0.15, 0.2) is 60.3 Å². The molecule has 0 aromatic heterocycles. The van der Waals surface area contributed by atoms with E-state index in [0.717, 1.165) is 12.0 Å². The fraction of sp³-hybridized carbons (Fsp3) is 0.167. The standard InChI is InChI=1S/C12H14/c1-11-8-6-4-3-5-7-9-12(2)10-11/h3-4,6-10H,1,5H2,2H3/b4-3-,8-6-,9-7-,12-10-. The average molecular weight is 158 g/mol. The van der Waals surface area contributed by atoms with Gasteiger partial charge in [-0.2, -0.15) is 0 Å². The van der Waals surface area contributed by atoms with Crippen molar-refractivity contribution < 1.29 is 0 Å². The minimum absolute atomic E-state index is 1.00. The van der Waals surface area contributed by atoms with Gasteiger partial charge in [-0.15, -0.1) is 0 Å². The van der Waals surface area contributed by atoms with Crippen LogP contribution in [0.3, 0.4) is 0 Å². The Labute approximate surface area is 74.3 Å². The lowest BCUT2D eigenvalue weighted by molar-refractivity contribution is 1.36. The lowest BCUT2D eigenvalue weighted by Gasteiger charge is -1.94. The lowest BCUT2D eigenvalue weighted by Crippen LogP contribution is -1.74. The second kappa shape index (κ2) is 4.55. The van der Waals surface area contributed by atoms with Gasteiger partial charge in [0, 0.05) is 0 Å². The van der Waals surface area contributed by atoms with Crippen molar-refractivity contribution in [3.63, 3.8) is 0 Å². The predicted octanol–water partition coefficient (Wildman–Crippen LogP) is 3.56. The number of allylic oxidation sites excluding steroid dienone is 9. The van der Waals surface area contributed by atoms with E-state index < -0.39 is 0 Å². The molecule has 0 N–H and O–H groups in total. The van der Waals surface area contributed by atoms with Gasteiger partial charge in [-0.25, -0.2) is 0 Å². The number of rotatable bonds is 0. The van der Waals surface area contributed by atoms with Crippen LogP contribution < -0.4 is 0 Å². The molecule has 1 aliphatic rings. The third-order valence-electron chi connectivity index (χ3n) is 1.62. The van der Waals surface area contributed by atoms with Crippen molar-refractivity contribution in [3.05, 3.63) is 60.3 Å². The highest BCUT2D eigenvalue weighted by Gasteiger charge is 1.85. The van der Waals surface area contributed by atoms with Gasteiger partial charge in [0.25, 0.3) is 0 Å². The first kappa shape index (κ1) is 8.79. The molecule has 0 spiro atoms. The molecule has 0 radical (unpaired) electrons. The molecule has 0 fully saturated rings. The Morgan fingerprint density at radius 2 is 2.00 bits per heavy atom. The van der Waals surface area contributed by atoms with E-state index in [4.69, 9.17) is 0 Å². The minimum Gasteiger partial charge on any atom is -0.0918 e. The Balaban J connectivity index is 2.82. The largest absolute Gasteiger partial charge is 0.0918 e. The second-order valence-corrected chi connectivity index (χ2v) is 2.89. The van der Waals surface area contributed by atoms with E-state index in [9.17, 15) is 0 Å². The van der Waals surface area contributed by atoms with Crippen molar-refractivity contribution in [2.75, 3.05) is 0 Å². The van der Waals surface area contributed by atoms with Crippen LogP contribution in [0.5, 0.6) is 0 Å². The fourth-order valence-corrected chi connectivity index (χ4v) is 1.06. The molecule has 1 rings (SSSR count). The first-order chi connectivity index (χ1) is 5.79. The minimum atomic E-state index is 1.00. The molecule has 0 amide bonds. The second-order valence-electron chi connectivity index (χ2n) is 2.89. The van der Waals surface area contributed by atoms with Gasteiger partial charge in [-0.05, 0) is 18.9 Å². The Bertz CT molecular complexity index is 272. The third-order valence-corrected chi connectivity index (χ3v) is 1.62. The summed E-state index contributed by atoms with van der Waals surface area (Å²) >= 11 is 0. The van der Waals surface area contributed by atoms with Gasteiger partial charge in [0.05, 0.1) is 0 Å². The summed E-state index contributed by atoms with van der Waals surface area (Å²) in [6, 6.07) is 0. The summed E-state index contributed by atoms with van der Waals surface area (Å²) in [5, 5.41) is 0. The monoisotopic (exact) mass is 158 g/mol. The maximum atomic E-state index is 3.91. The Morgan fingerprint density at radius 3 is 2.83 bits per heavy atom. The molecule has 12 heavy (non-hydrogen) atoms. The molecule has 62 valence electrons. The van der Waals surface area contributed by atoms with Crippen molar-refractivity contribution in [2.45, 2.75) is 13.3 Å². The molecule has 0 heteroatoms. The number of hydrogen-bond acceptors (Lipinski definition) is 0. The Hall–Kier alpha value is -1.30. The molecule has 0 saturated heterocycles. The van der Waals surface area contributed by atoms with E-state index in [0.29, 0.717) is 0 Å². The molecule has 0 aliphatic heterocycles. The van der Waals surface area contributed by atoms with E-state index in [2.05, 4.69) is 37.8 Å². The topological polar surface area (TPSA) is 0 Å². The van der Waals surface area contributed by atoms with Gasteiger partial charge in [0.15, 0.2) is 0 Å². The lowest BCUT2D eigenvalue weighted by atomic mass is 10.1. The molecular weight excluding hydrogens is 144 g/mol. The van der Waals surface area contributed by atoms with Crippen LogP contribution in [0.4, 0.5) is 0 Å². The molecule has 0 atom stereocenters. The first-order valence-electron chi connectivity index (χ1n) is 4.16. The van der Waals surface area contributed by atoms with E-state index in [1.54, 1.807) is 0 Å². The highest BCUT2D eigenvalue weighted by atomic mass is 13.9. The van der Waals surface area contributed by atoms with E-state index in [1.807, 2.05) is 18.2 Å². The van der Waals surface area contributed by atoms with E-state index >= 15 is 0 Å². The van der Waals surface area contributed by atoms with Crippen molar-refractivity contribution >= 4 is 0 Å². The summed E-state index contributed by atoms with van der Waals surface area (Å²) in [5.74, 6) is 0. The highest BCUT2D eigenvalue weighted by molar-refractivity contribution is 5.35. The summed E-state index contributed by atoms with van der Waals surface area (Å²) < 4.78 is 0. The zero-order valence-corrected chi connectivity index (χ0v) is 7.46. The van der Waals surface area contributed by atoms with Gasteiger partial charge >= 0.3 is 0 Å². The van der Waals surface area contributed by atoms with Crippen LogP contribution in [0.25, 0.3) is 0 Å². The van der Waals surface area contributed by atoms with Crippen LogP contribution >= 0.6 is 0 Å². The molecule has 0 bridgehead atoms. The van der Waals surface area contributed by atoms with Gasteiger partial charge in [-0.1, -0.05) is 54.7 Å². The van der Waals surface area contributed by atoms with Crippen LogP contribution in [0.1, 0.15) is 13.3 Å². The molecule has 0 nitrogen and oxygen atoms in total. The summed E-state index contributed by atoms with van der Waals surface area (Å²) in [6.45, 7) is 5.99. The SMILES string of the molecule is C=C1/C=C\C=C/C/C=C\C(C)=C/1. The molecule has 0 unspecified atom stereocenters. The average Bonchev–Trinajstić information content (AvgIpc) is 2.02. The molecule has 0 aromatic carbocycles. The maximum Gasteiger partial charge on any atom is -0.0163 e. The van der Waals surface area contributed by atoms with E-state index in [1.165, 1.54) is 5.57 Å². The van der Waals surface area contributed by atoms with Crippen LogP contribution in [-0.2, 0) is 0 Å². The quantitative estimate of drug-likeness (QED) is 0.505. The summed E-state index contributed by atoms with van der Waals surface area (Å²) in [6.07, 6.45) is 15.5. The molecule has 0 saturated carbocycles. The van der Waals surface area contributed by atoms with Crippen molar-refractivity contribution in [2.24, 2.45) is 0 Å². The van der Waals surface area contributed by atoms with Crippen molar-refractivity contribution in [3.8, 4) is 0 Å². The van der Waals surface area contributed by atoms with Crippen molar-refractivity contribution in [1.29, 1.82) is 0 Å². The Kier molecular flexibility index (Phi) is 3.34. The molecule has 0 heterocycles. The summed E-state index contributed by atoms with van der Waals surface area (Å²) in [4.78, 5) is 0. The van der Waals surface area contributed by atoms with Gasteiger partial charge in [0.2, 0.25) is 0 Å².